The van der Waals surface area contributed by atoms with E-state index in [0.717, 1.165) is 33.6 Å². The van der Waals surface area contributed by atoms with Gasteiger partial charge in [0.05, 0.1) is 23.1 Å². The Morgan fingerprint density at radius 1 is 0.935 bits per heavy atom. The maximum Gasteiger partial charge on any atom is 0.259 e. The first-order valence-electron chi connectivity index (χ1n) is 9.98. The third-order valence-electron chi connectivity index (χ3n) is 5.28. The summed E-state index contributed by atoms with van der Waals surface area (Å²) in [7, 11) is 0. The van der Waals surface area contributed by atoms with Gasteiger partial charge in [-0.15, -0.1) is 0 Å². The van der Waals surface area contributed by atoms with E-state index in [1.54, 1.807) is 10.9 Å². The Morgan fingerprint density at radius 3 is 2.45 bits per heavy atom. The van der Waals surface area contributed by atoms with Crippen LogP contribution in [-0.2, 0) is 0 Å². The highest BCUT2D eigenvalue weighted by Gasteiger charge is 2.16. The summed E-state index contributed by atoms with van der Waals surface area (Å²) >= 11 is 0. The maximum absolute atomic E-state index is 12.8. The zero-order valence-electron chi connectivity index (χ0n) is 17.2. The summed E-state index contributed by atoms with van der Waals surface area (Å²) in [5.41, 5.74) is 6.47. The number of nitrogens with zero attached hydrogens (tertiary/aromatic N) is 3. The molecular weight excluding hydrogens is 388 g/mol. The Hall–Kier alpha value is -4.19. The van der Waals surface area contributed by atoms with Crippen LogP contribution in [0.4, 0.5) is 5.69 Å². The number of nitrogens with one attached hydrogen (secondary N) is 1. The number of benzene rings is 3. The van der Waals surface area contributed by atoms with Gasteiger partial charge in [0.1, 0.15) is 5.52 Å². The van der Waals surface area contributed by atoms with Gasteiger partial charge in [0.25, 0.3) is 5.91 Å². The molecule has 31 heavy (non-hydrogen) atoms. The molecule has 2 heterocycles. The molecule has 152 valence electrons. The van der Waals surface area contributed by atoms with Crippen LogP contribution in [0, 0.1) is 13.8 Å². The molecule has 0 aliphatic rings. The molecule has 0 radical (unpaired) electrons. The summed E-state index contributed by atoms with van der Waals surface area (Å²) in [6, 6.07) is 23.0. The first-order chi connectivity index (χ1) is 15.1. The molecule has 0 spiro atoms. The van der Waals surface area contributed by atoms with E-state index in [1.807, 2.05) is 86.6 Å². The van der Waals surface area contributed by atoms with Crippen molar-refractivity contribution in [3.05, 3.63) is 95.8 Å². The third-order valence-corrected chi connectivity index (χ3v) is 5.28. The number of anilines is 1. The fourth-order valence-electron chi connectivity index (χ4n) is 3.57. The van der Waals surface area contributed by atoms with E-state index < -0.39 is 0 Å². The van der Waals surface area contributed by atoms with Crippen molar-refractivity contribution in [2.24, 2.45) is 0 Å². The fourth-order valence-corrected chi connectivity index (χ4v) is 3.57. The van der Waals surface area contributed by atoms with Gasteiger partial charge in [-0.25, -0.2) is 9.67 Å². The number of aromatic nitrogens is 3. The standard InChI is InChI=1S/C25H20N4O2/c1-16-7-3-5-9-22(16)29-17(2)20(15-26-29)24(30)27-19-13-11-18(12-14-19)25-28-21-8-4-6-10-23(21)31-25/h3-15H,1-2H3,(H,27,30). The second-order valence-corrected chi connectivity index (χ2v) is 7.36. The van der Waals surface area contributed by atoms with Gasteiger partial charge in [-0.05, 0) is 61.9 Å². The van der Waals surface area contributed by atoms with Crippen LogP contribution in [0.15, 0.2) is 83.4 Å². The molecule has 6 heteroatoms. The minimum absolute atomic E-state index is 0.202. The summed E-state index contributed by atoms with van der Waals surface area (Å²) in [4.78, 5) is 17.3. The van der Waals surface area contributed by atoms with E-state index in [1.165, 1.54) is 0 Å². The number of oxazole rings is 1. The SMILES string of the molecule is Cc1ccccc1-n1ncc(C(=O)Nc2ccc(-c3nc4ccccc4o3)cc2)c1C. The summed E-state index contributed by atoms with van der Waals surface area (Å²) in [5.74, 6) is 0.348. The molecule has 0 unspecified atom stereocenters. The Morgan fingerprint density at radius 2 is 1.68 bits per heavy atom. The molecule has 0 bridgehead atoms. The first-order valence-corrected chi connectivity index (χ1v) is 9.98. The van der Waals surface area contributed by atoms with Crippen LogP contribution in [0.3, 0.4) is 0 Å². The number of aryl methyl sites for hydroxylation is 1. The van der Waals surface area contributed by atoms with Gasteiger partial charge in [-0.3, -0.25) is 4.79 Å². The Labute approximate surface area is 179 Å². The fraction of sp³-hybridized carbons (Fsp3) is 0.0800. The van der Waals surface area contributed by atoms with Crippen molar-refractivity contribution in [2.45, 2.75) is 13.8 Å². The van der Waals surface area contributed by atoms with Crippen LogP contribution in [0.2, 0.25) is 0 Å². The van der Waals surface area contributed by atoms with Gasteiger partial charge in [0, 0.05) is 11.3 Å². The monoisotopic (exact) mass is 408 g/mol. The molecule has 1 amide bonds. The third kappa shape index (κ3) is 3.48. The average Bonchev–Trinajstić information content (AvgIpc) is 3.38. The normalized spacial score (nSPS) is 11.0. The van der Waals surface area contributed by atoms with Gasteiger partial charge in [-0.2, -0.15) is 5.10 Å². The minimum atomic E-state index is -0.202. The van der Waals surface area contributed by atoms with Crippen LogP contribution in [-0.4, -0.2) is 20.7 Å². The number of para-hydroxylation sites is 3. The zero-order valence-corrected chi connectivity index (χ0v) is 17.2. The Bertz CT molecular complexity index is 1360. The van der Waals surface area contributed by atoms with Crippen molar-refractivity contribution < 1.29 is 9.21 Å². The van der Waals surface area contributed by atoms with E-state index in [4.69, 9.17) is 4.42 Å². The Kier molecular flexibility index (Phi) is 4.59. The van der Waals surface area contributed by atoms with Crippen LogP contribution in [0.5, 0.6) is 0 Å². The van der Waals surface area contributed by atoms with E-state index >= 15 is 0 Å². The summed E-state index contributed by atoms with van der Waals surface area (Å²) in [6.07, 6.45) is 1.60. The lowest BCUT2D eigenvalue weighted by atomic mass is 10.1. The molecule has 1 N–H and O–H groups in total. The van der Waals surface area contributed by atoms with Crippen molar-refractivity contribution >= 4 is 22.7 Å². The molecule has 5 rings (SSSR count). The molecule has 2 aromatic heterocycles. The number of amides is 1. The van der Waals surface area contributed by atoms with Crippen molar-refractivity contribution in [1.29, 1.82) is 0 Å². The highest BCUT2D eigenvalue weighted by molar-refractivity contribution is 6.05. The minimum Gasteiger partial charge on any atom is -0.436 e. The zero-order chi connectivity index (χ0) is 21.4. The number of hydrogen-bond donors (Lipinski definition) is 1. The van der Waals surface area contributed by atoms with Crippen molar-refractivity contribution in [2.75, 3.05) is 5.32 Å². The number of hydrogen-bond acceptors (Lipinski definition) is 4. The first kappa shape index (κ1) is 18.8. The van der Waals surface area contributed by atoms with E-state index in [-0.39, 0.29) is 5.91 Å². The number of fused-ring (bicyclic) bond motifs is 1. The predicted octanol–water partition coefficient (Wildman–Crippen LogP) is 5.55. The van der Waals surface area contributed by atoms with Crippen LogP contribution < -0.4 is 5.32 Å². The quantitative estimate of drug-likeness (QED) is 0.423. The molecule has 6 nitrogen and oxygen atoms in total. The largest absolute Gasteiger partial charge is 0.436 e. The van der Waals surface area contributed by atoms with Crippen LogP contribution >= 0.6 is 0 Å². The lowest BCUT2D eigenvalue weighted by Crippen LogP contribution is -2.13. The number of carbonyl (C=O) groups is 1. The second-order valence-electron chi connectivity index (χ2n) is 7.36. The molecular formula is C25H20N4O2. The number of carbonyl (C=O) groups excluding carboxylic acids is 1. The van der Waals surface area contributed by atoms with Gasteiger partial charge < -0.3 is 9.73 Å². The molecule has 0 fully saturated rings. The van der Waals surface area contributed by atoms with E-state index in [0.29, 0.717) is 17.1 Å². The Balaban J connectivity index is 1.36. The molecule has 0 aliphatic carbocycles. The van der Waals surface area contributed by atoms with Gasteiger partial charge in [0.2, 0.25) is 5.89 Å². The summed E-state index contributed by atoms with van der Waals surface area (Å²) in [6.45, 7) is 3.92. The second kappa shape index (κ2) is 7.57. The smallest absolute Gasteiger partial charge is 0.259 e. The highest BCUT2D eigenvalue weighted by Crippen LogP contribution is 2.25. The van der Waals surface area contributed by atoms with Gasteiger partial charge in [-0.1, -0.05) is 30.3 Å². The molecule has 5 aromatic rings. The molecule has 0 aliphatic heterocycles. The summed E-state index contributed by atoms with van der Waals surface area (Å²) < 4.78 is 7.60. The van der Waals surface area contributed by atoms with Gasteiger partial charge >= 0.3 is 0 Å². The highest BCUT2D eigenvalue weighted by atomic mass is 16.3. The lowest BCUT2D eigenvalue weighted by molar-refractivity contribution is 0.102. The topological polar surface area (TPSA) is 73.0 Å². The lowest BCUT2D eigenvalue weighted by Gasteiger charge is -2.09. The van der Waals surface area contributed by atoms with Crippen LogP contribution in [0.25, 0.3) is 28.2 Å². The molecule has 0 atom stereocenters. The number of rotatable bonds is 4. The average molecular weight is 408 g/mol. The molecule has 0 saturated carbocycles. The van der Waals surface area contributed by atoms with Crippen LogP contribution in [0.1, 0.15) is 21.6 Å². The predicted molar refractivity (Wildman–Crippen MR) is 120 cm³/mol. The maximum atomic E-state index is 12.8. The van der Waals surface area contributed by atoms with E-state index in [2.05, 4.69) is 15.4 Å². The molecule has 3 aromatic carbocycles. The molecule has 0 saturated heterocycles. The van der Waals surface area contributed by atoms with Crippen molar-refractivity contribution in [3.8, 4) is 17.1 Å². The van der Waals surface area contributed by atoms with E-state index in [9.17, 15) is 4.79 Å². The van der Waals surface area contributed by atoms with Crippen molar-refractivity contribution in [3.63, 3.8) is 0 Å². The van der Waals surface area contributed by atoms with Gasteiger partial charge in [0.15, 0.2) is 5.58 Å². The van der Waals surface area contributed by atoms with Crippen molar-refractivity contribution in [1.82, 2.24) is 14.8 Å². The summed E-state index contributed by atoms with van der Waals surface area (Å²) in [5, 5.41) is 7.36.